The van der Waals surface area contributed by atoms with Crippen LogP contribution in [0.2, 0.25) is 0 Å². The van der Waals surface area contributed by atoms with Gasteiger partial charge in [-0.15, -0.1) is 0 Å². The predicted octanol–water partition coefficient (Wildman–Crippen LogP) is -2.36. The second-order valence-electron chi connectivity index (χ2n) is 3.51. The first kappa shape index (κ1) is 13.5. The summed E-state index contributed by atoms with van der Waals surface area (Å²) < 4.78 is 0. The molecule has 0 bridgehead atoms. The van der Waals surface area contributed by atoms with Gasteiger partial charge in [-0.3, -0.25) is 4.90 Å². The maximum Gasteiger partial charge on any atom is 0.422 e. The monoisotopic (exact) mass is 218 g/mol. The molecular weight excluding hydrogens is 200 g/mol. The Morgan fingerprint density at radius 1 is 1.50 bits per heavy atom. The fourth-order valence-corrected chi connectivity index (χ4v) is 1.94. The number of carbonyl (C=O) groups excluding carboxylic acids is 1. The molecule has 2 unspecified atom stereocenters. The molecule has 14 heavy (non-hydrogen) atoms. The van der Waals surface area contributed by atoms with Crippen LogP contribution in [0.1, 0.15) is 27.7 Å². The highest BCUT2D eigenvalue weighted by molar-refractivity contribution is 5.67. The van der Waals surface area contributed by atoms with Gasteiger partial charge < -0.3 is 12.4 Å². The average Bonchev–Trinajstić information content (AvgIpc) is 2.04. The molecule has 2 amide bonds. The number of nitrogens with one attached hydrogen (secondary N) is 1. The average molecular weight is 219 g/mol. The summed E-state index contributed by atoms with van der Waals surface area (Å²) in [7, 11) is 0. The van der Waals surface area contributed by atoms with Crippen molar-refractivity contribution in [3.8, 4) is 0 Å². The van der Waals surface area contributed by atoms with E-state index in [0.29, 0.717) is 0 Å². The Balaban J connectivity index is 0.00000169. The lowest BCUT2D eigenvalue weighted by Crippen LogP contribution is -3.14. The molecule has 1 aliphatic rings. The summed E-state index contributed by atoms with van der Waals surface area (Å²) in [5.74, 6) is 0. The minimum absolute atomic E-state index is 0. The maximum absolute atomic E-state index is 11.9. The minimum Gasteiger partial charge on any atom is -1.00 e. The molecule has 0 spiro atoms. The molecule has 1 aliphatic heterocycles. The molecule has 1 N–H and O–H groups in total. The summed E-state index contributed by atoms with van der Waals surface area (Å²) in [6.45, 7) is 9.79. The Kier molecular flexibility index (Phi) is 5.16. The van der Waals surface area contributed by atoms with Crippen LogP contribution in [0.25, 0.3) is 0 Å². The molecule has 1 rings (SSSR count). The smallest absolute Gasteiger partial charge is 0.422 e. The van der Waals surface area contributed by atoms with Crippen LogP contribution in [0.15, 0.2) is 11.8 Å². The van der Waals surface area contributed by atoms with E-state index >= 15 is 0 Å². The Labute approximate surface area is 92.2 Å². The van der Waals surface area contributed by atoms with Gasteiger partial charge in [-0.1, -0.05) is 0 Å². The van der Waals surface area contributed by atoms with Crippen molar-refractivity contribution in [3.63, 3.8) is 0 Å². The van der Waals surface area contributed by atoms with E-state index in [9.17, 15) is 4.79 Å². The van der Waals surface area contributed by atoms with E-state index in [2.05, 4.69) is 13.0 Å². The number of nitrogens with zero attached hydrogens (tertiary/aromatic N) is 1. The molecule has 0 saturated heterocycles. The van der Waals surface area contributed by atoms with Gasteiger partial charge in [0.2, 0.25) is 0 Å². The third-order valence-corrected chi connectivity index (χ3v) is 2.67. The van der Waals surface area contributed by atoms with Gasteiger partial charge in [0.25, 0.3) is 0 Å². The summed E-state index contributed by atoms with van der Waals surface area (Å²) in [6, 6.07) is 0.477. The lowest BCUT2D eigenvalue weighted by atomic mass is 10.2. The lowest BCUT2D eigenvalue weighted by Gasteiger charge is -2.32. The van der Waals surface area contributed by atoms with Crippen molar-refractivity contribution >= 4 is 6.03 Å². The molecule has 82 valence electrons. The fourth-order valence-electron chi connectivity index (χ4n) is 1.94. The first-order chi connectivity index (χ1) is 6.11. The Morgan fingerprint density at radius 2 is 2.07 bits per heavy atom. The van der Waals surface area contributed by atoms with Gasteiger partial charge in [-0.2, -0.15) is 0 Å². The molecular formula is C10H19ClN2O. The van der Waals surface area contributed by atoms with Gasteiger partial charge in [0, 0.05) is 13.5 Å². The molecule has 0 saturated carbocycles. The number of amides is 2. The Hall–Kier alpha value is -0.540. The molecule has 0 fully saturated rings. The van der Waals surface area contributed by atoms with Crippen molar-refractivity contribution in [2.75, 3.05) is 13.1 Å². The molecule has 0 aliphatic carbocycles. The Morgan fingerprint density at radius 3 is 2.50 bits per heavy atom. The molecule has 0 aromatic heterocycles. The number of halogens is 1. The summed E-state index contributed by atoms with van der Waals surface area (Å²) in [5.41, 5.74) is 1.16. The van der Waals surface area contributed by atoms with Gasteiger partial charge in [0.05, 0.1) is 12.6 Å². The molecule has 2 atom stereocenters. The number of allylic oxidation sites excluding steroid dienone is 1. The zero-order valence-electron chi connectivity index (χ0n) is 9.30. The number of likely N-dealkylation sites (N-methyl/N-ethyl adjacent to an activating group) is 1. The summed E-state index contributed by atoms with van der Waals surface area (Å²) in [4.78, 5) is 14.7. The van der Waals surface area contributed by atoms with Crippen molar-refractivity contribution < 1.29 is 22.1 Å². The lowest BCUT2D eigenvalue weighted by molar-refractivity contribution is -0.778. The number of carbonyl (C=O) groups is 1. The summed E-state index contributed by atoms with van der Waals surface area (Å²) in [5, 5.41) is 0. The fraction of sp³-hybridized carbons (Fsp3) is 0.700. The first-order valence-electron chi connectivity index (χ1n) is 4.97. The van der Waals surface area contributed by atoms with Crippen molar-refractivity contribution in [2.45, 2.75) is 33.7 Å². The number of quaternary nitrogens is 1. The highest BCUT2D eigenvalue weighted by atomic mass is 35.5. The SMILES string of the molecule is CCN1C(=O)[NH+](CC)C(C)=CC1C.[Cl-]. The maximum atomic E-state index is 11.9. The van der Waals surface area contributed by atoms with Crippen molar-refractivity contribution in [1.29, 1.82) is 0 Å². The molecule has 0 aromatic carbocycles. The van der Waals surface area contributed by atoms with Crippen LogP contribution in [0.3, 0.4) is 0 Å². The van der Waals surface area contributed by atoms with Crippen molar-refractivity contribution in [3.05, 3.63) is 11.8 Å². The highest BCUT2D eigenvalue weighted by Gasteiger charge is 2.33. The van der Waals surface area contributed by atoms with Gasteiger partial charge in [0.1, 0.15) is 5.70 Å². The number of urea groups is 1. The molecule has 0 radical (unpaired) electrons. The van der Waals surface area contributed by atoms with E-state index < -0.39 is 0 Å². The van der Waals surface area contributed by atoms with E-state index in [4.69, 9.17) is 0 Å². The molecule has 4 heteroatoms. The van der Waals surface area contributed by atoms with E-state index in [0.717, 1.165) is 23.7 Å². The zero-order chi connectivity index (χ0) is 10.0. The highest BCUT2D eigenvalue weighted by Crippen LogP contribution is 2.05. The van der Waals surface area contributed by atoms with Gasteiger partial charge in [-0.25, -0.2) is 9.69 Å². The van der Waals surface area contributed by atoms with Gasteiger partial charge >= 0.3 is 6.03 Å². The largest absolute Gasteiger partial charge is 1.00 e. The second-order valence-corrected chi connectivity index (χ2v) is 3.51. The standard InChI is InChI=1S/C10H18N2O.ClH/c1-5-11-8(3)7-9(4)12(6-2)10(11)13;/h7-8H,5-6H2,1-4H3;1H. The summed E-state index contributed by atoms with van der Waals surface area (Å²) in [6.07, 6.45) is 2.17. The van der Waals surface area contributed by atoms with Crippen LogP contribution in [0.5, 0.6) is 0 Å². The van der Waals surface area contributed by atoms with Crippen molar-refractivity contribution in [1.82, 2.24) is 4.90 Å². The van der Waals surface area contributed by atoms with E-state index in [1.54, 1.807) is 0 Å². The first-order valence-corrected chi connectivity index (χ1v) is 4.97. The topological polar surface area (TPSA) is 24.8 Å². The Bertz CT molecular complexity index is 240. The number of hydrogen-bond donors (Lipinski definition) is 1. The predicted molar refractivity (Wildman–Crippen MR) is 52.5 cm³/mol. The third-order valence-electron chi connectivity index (χ3n) is 2.67. The van der Waals surface area contributed by atoms with E-state index in [-0.39, 0.29) is 24.5 Å². The molecule has 1 heterocycles. The van der Waals surface area contributed by atoms with Crippen LogP contribution >= 0.6 is 0 Å². The van der Waals surface area contributed by atoms with Crippen molar-refractivity contribution in [2.24, 2.45) is 0 Å². The van der Waals surface area contributed by atoms with E-state index in [1.165, 1.54) is 0 Å². The molecule has 3 nitrogen and oxygen atoms in total. The van der Waals surface area contributed by atoms with Crippen LogP contribution in [-0.2, 0) is 0 Å². The quantitative estimate of drug-likeness (QED) is 0.552. The number of hydrogen-bond acceptors (Lipinski definition) is 1. The van der Waals surface area contributed by atoms with Crippen LogP contribution in [-0.4, -0.2) is 30.1 Å². The normalized spacial score (nSPS) is 27.0. The van der Waals surface area contributed by atoms with Crippen LogP contribution < -0.4 is 17.3 Å². The van der Waals surface area contributed by atoms with Crippen LogP contribution in [0, 0.1) is 0 Å². The number of rotatable bonds is 2. The molecule has 0 aromatic rings. The zero-order valence-corrected chi connectivity index (χ0v) is 10.1. The minimum atomic E-state index is 0. The van der Waals surface area contributed by atoms with Gasteiger partial charge in [0.15, 0.2) is 0 Å². The second kappa shape index (κ2) is 5.37. The van der Waals surface area contributed by atoms with Gasteiger partial charge in [-0.05, 0) is 26.8 Å². The van der Waals surface area contributed by atoms with Crippen LogP contribution in [0.4, 0.5) is 4.79 Å². The van der Waals surface area contributed by atoms with E-state index in [1.807, 2.05) is 25.7 Å². The third kappa shape index (κ3) is 2.28. The summed E-state index contributed by atoms with van der Waals surface area (Å²) >= 11 is 0.